The Labute approximate surface area is 186 Å². The van der Waals surface area contributed by atoms with Crippen molar-refractivity contribution in [1.82, 2.24) is 4.83 Å². The number of amides is 1. The maximum atomic E-state index is 12.6. The van der Waals surface area contributed by atoms with E-state index in [-0.39, 0.29) is 10.8 Å². The summed E-state index contributed by atoms with van der Waals surface area (Å²) in [5.74, 6) is 0.640. The van der Waals surface area contributed by atoms with Crippen molar-refractivity contribution in [3.8, 4) is 11.5 Å². The molecular weight excluding hydrogens is 430 g/mol. The molecule has 0 aliphatic rings. The second kappa shape index (κ2) is 9.97. The van der Waals surface area contributed by atoms with E-state index in [4.69, 9.17) is 9.47 Å². The Morgan fingerprint density at radius 3 is 2.25 bits per heavy atom. The van der Waals surface area contributed by atoms with Gasteiger partial charge >= 0.3 is 0 Å². The molecule has 0 aromatic heterocycles. The van der Waals surface area contributed by atoms with Gasteiger partial charge in [0.15, 0.2) is 11.5 Å². The number of hydrogen-bond acceptors (Lipinski definition) is 6. The maximum absolute atomic E-state index is 12.6. The van der Waals surface area contributed by atoms with Gasteiger partial charge in [0.05, 0.1) is 24.8 Å². The molecule has 0 heterocycles. The molecule has 32 heavy (non-hydrogen) atoms. The molecule has 0 aliphatic carbocycles. The highest BCUT2D eigenvalue weighted by Crippen LogP contribution is 2.28. The Kier molecular flexibility index (Phi) is 7.11. The lowest BCUT2D eigenvalue weighted by molar-refractivity contribution is 0.102. The zero-order chi connectivity index (χ0) is 23.1. The normalized spacial score (nSPS) is 11.5. The molecule has 0 aliphatic heterocycles. The molecule has 0 spiro atoms. The van der Waals surface area contributed by atoms with Crippen LogP contribution in [-0.2, 0) is 10.0 Å². The van der Waals surface area contributed by atoms with Crippen LogP contribution in [0.15, 0.2) is 82.8 Å². The van der Waals surface area contributed by atoms with E-state index in [9.17, 15) is 13.2 Å². The van der Waals surface area contributed by atoms with Gasteiger partial charge in [-0.3, -0.25) is 4.79 Å². The molecule has 3 aromatic carbocycles. The molecular formula is C23H23N3O5S. The van der Waals surface area contributed by atoms with Crippen LogP contribution < -0.4 is 19.6 Å². The van der Waals surface area contributed by atoms with Gasteiger partial charge in [0, 0.05) is 11.3 Å². The van der Waals surface area contributed by atoms with Gasteiger partial charge < -0.3 is 14.8 Å². The van der Waals surface area contributed by atoms with Gasteiger partial charge in [-0.1, -0.05) is 30.3 Å². The standard InChI is InChI=1S/C23H23N3O5S/c1-16(25-26-32(28,29)20-10-5-4-6-11-20)17-8-7-9-19(14-17)24-23(27)18-12-13-21(30-2)22(15-18)31-3/h4-15,26H,1-3H3,(H,24,27). The molecule has 0 radical (unpaired) electrons. The summed E-state index contributed by atoms with van der Waals surface area (Å²) in [4.78, 5) is 15.0. The third kappa shape index (κ3) is 5.44. The lowest BCUT2D eigenvalue weighted by Gasteiger charge is -2.11. The molecule has 8 nitrogen and oxygen atoms in total. The SMILES string of the molecule is COc1ccc(C(=O)Nc2cccc(C(C)=NNS(=O)(=O)c3ccccc3)c2)cc1OC. The highest BCUT2D eigenvalue weighted by molar-refractivity contribution is 7.89. The lowest BCUT2D eigenvalue weighted by atomic mass is 10.1. The minimum absolute atomic E-state index is 0.118. The van der Waals surface area contributed by atoms with Crippen molar-refractivity contribution < 1.29 is 22.7 Å². The Morgan fingerprint density at radius 1 is 0.844 bits per heavy atom. The number of anilines is 1. The highest BCUT2D eigenvalue weighted by Gasteiger charge is 2.13. The van der Waals surface area contributed by atoms with Crippen LogP contribution in [0.2, 0.25) is 0 Å². The number of carbonyl (C=O) groups excluding carboxylic acids is 1. The van der Waals surface area contributed by atoms with E-state index in [0.717, 1.165) is 0 Å². The van der Waals surface area contributed by atoms with E-state index in [2.05, 4.69) is 15.2 Å². The van der Waals surface area contributed by atoms with Crippen LogP contribution in [0.5, 0.6) is 11.5 Å². The van der Waals surface area contributed by atoms with Crippen LogP contribution in [0.25, 0.3) is 0 Å². The molecule has 3 rings (SSSR count). The number of nitrogens with one attached hydrogen (secondary N) is 2. The third-order valence-corrected chi connectivity index (χ3v) is 5.80. The molecule has 2 N–H and O–H groups in total. The van der Waals surface area contributed by atoms with Gasteiger partial charge in [-0.25, -0.2) is 0 Å². The van der Waals surface area contributed by atoms with Gasteiger partial charge in [0.1, 0.15) is 0 Å². The summed E-state index contributed by atoms with van der Waals surface area (Å²) in [5.41, 5.74) is 2.01. The Morgan fingerprint density at radius 2 is 1.56 bits per heavy atom. The molecule has 0 unspecified atom stereocenters. The molecule has 3 aromatic rings. The number of carbonyl (C=O) groups is 1. The predicted molar refractivity (Wildman–Crippen MR) is 123 cm³/mol. The molecule has 0 saturated carbocycles. The van der Waals surface area contributed by atoms with E-state index in [1.807, 2.05) is 0 Å². The predicted octanol–water partition coefficient (Wildman–Crippen LogP) is 3.66. The number of benzene rings is 3. The van der Waals surface area contributed by atoms with Gasteiger partial charge in [0.2, 0.25) is 0 Å². The maximum Gasteiger partial charge on any atom is 0.276 e. The van der Waals surface area contributed by atoms with Crippen molar-refractivity contribution in [2.75, 3.05) is 19.5 Å². The number of ether oxygens (including phenoxy) is 2. The van der Waals surface area contributed by atoms with Gasteiger partial charge in [-0.2, -0.15) is 18.4 Å². The van der Waals surface area contributed by atoms with Crippen molar-refractivity contribution in [3.05, 3.63) is 83.9 Å². The third-order valence-electron chi connectivity index (χ3n) is 4.57. The van der Waals surface area contributed by atoms with Crippen LogP contribution in [-0.4, -0.2) is 34.3 Å². The van der Waals surface area contributed by atoms with Gasteiger partial charge in [-0.05, 0) is 55.0 Å². The molecule has 0 saturated heterocycles. The molecule has 1 amide bonds. The van der Waals surface area contributed by atoms with Gasteiger partial charge in [0.25, 0.3) is 15.9 Å². The Hall–Kier alpha value is -3.85. The van der Waals surface area contributed by atoms with E-state index in [1.165, 1.54) is 26.4 Å². The number of methoxy groups -OCH3 is 2. The monoisotopic (exact) mass is 453 g/mol. The topological polar surface area (TPSA) is 106 Å². The fourth-order valence-electron chi connectivity index (χ4n) is 2.85. The van der Waals surface area contributed by atoms with Crippen molar-refractivity contribution in [2.45, 2.75) is 11.8 Å². The first-order chi connectivity index (χ1) is 15.3. The van der Waals surface area contributed by atoms with Crippen molar-refractivity contribution in [3.63, 3.8) is 0 Å². The van der Waals surface area contributed by atoms with Crippen molar-refractivity contribution >= 4 is 27.3 Å². The van der Waals surface area contributed by atoms with Crippen molar-refractivity contribution in [2.24, 2.45) is 5.10 Å². The first kappa shape index (κ1) is 22.8. The summed E-state index contributed by atoms with van der Waals surface area (Å²) in [6, 6.07) is 19.8. The molecule has 0 atom stereocenters. The molecule has 9 heteroatoms. The number of rotatable bonds is 8. The fraction of sp³-hybridized carbons (Fsp3) is 0.130. The summed E-state index contributed by atoms with van der Waals surface area (Å²) in [7, 11) is -0.752. The van der Waals surface area contributed by atoms with E-state index in [1.54, 1.807) is 67.6 Å². The summed E-state index contributed by atoms with van der Waals surface area (Å²) < 4.78 is 35.1. The van der Waals surface area contributed by atoms with Crippen molar-refractivity contribution in [1.29, 1.82) is 0 Å². The molecule has 0 fully saturated rings. The lowest BCUT2D eigenvalue weighted by Crippen LogP contribution is -2.20. The Bertz CT molecular complexity index is 1240. The summed E-state index contributed by atoms with van der Waals surface area (Å²) in [6.07, 6.45) is 0. The van der Waals surface area contributed by atoms with E-state index >= 15 is 0 Å². The average molecular weight is 454 g/mol. The zero-order valence-electron chi connectivity index (χ0n) is 17.8. The van der Waals surface area contributed by atoms with Crippen LogP contribution in [0.1, 0.15) is 22.8 Å². The second-order valence-electron chi connectivity index (χ2n) is 6.71. The zero-order valence-corrected chi connectivity index (χ0v) is 18.6. The highest BCUT2D eigenvalue weighted by atomic mass is 32.2. The van der Waals surface area contributed by atoms with Crippen LogP contribution in [0, 0.1) is 0 Å². The number of sulfonamides is 1. The van der Waals surface area contributed by atoms with E-state index < -0.39 is 10.0 Å². The number of hydrogen-bond donors (Lipinski definition) is 2. The number of hydrazone groups is 1. The first-order valence-corrected chi connectivity index (χ1v) is 11.1. The molecule has 166 valence electrons. The minimum atomic E-state index is -3.77. The second-order valence-corrected chi connectivity index (χ2v) is 8.37. The number of nitrogens with zero attached hydrogens (tertiary/aromatic N) is 1. The fourth-order valence-corrected chi connectivity index (χ4v) is 3.73. The smallest absolute Gasteiger partial charge is 0.276 e. The Balaban J connectivity index is 1.75. The minimum Gasteiger partial charge on any atom is -0.493 e. The van der Waals surface area contributed by atoms with Crippen LogP contribution in [0.4, 0.5) is 5.69 Å². The largest absolute Gasteiger partial charge is 0.493 e. The first-order valence-electron chi connectivity index (χ1n) is 9.59. The van der Waals surface area contributed by atoms with Gasteiger partial charge in [-0.15, -0.1) is 0 Å². The summed E-state index contributed by atoms with van der Waals surface area (Å²) in [5, 5.41) is 6.81. The van der Waals surface area contributed by atoms with Crippen LogP contribution in [0.3, 0.4) is 0 Å². The average Bonchev–Trinajstić information content (AvgIpc) is 2.82. The molecule has 0 bridgehead atoms. The van der Waals surface area contributed by atoms with E-state index in [0.29, 0.717) is 34.0 Å². The quantitative estimate of drug-likeness (QED) is 0.400. The van der Waals surface area contributed by atoms with Crippen LogP contribution >= 0.6 is 0 Å². The summed E-state index contributed by atoms with van der Waals surface area (Å²) >= 11 is 0. The summed E-state index contributed by atoms with van der Waals surface area (Å²) in [6.45, 7) is 1.67.